The number of nitrogens with zero attached hydrogens (tertiary/aromatic N) is 2. The summed E-state index contributed by atoms with van der Waals surface area (Å²) in [4.78, 5) is 28.9. The molecule has 0 aliphatic carbocycles. The third-order valence-corrected chi connectivity index (χ3v) is 3.29. The largest absolute Gasteiger partial charge is 0.339 e. The molecular weight excluding hydrogens is 273 g/mol. The van der Waals surface area contributed by atoms with Gasteiger partial charge in [-0.15, -0.1) is 0 Å². The molecule has 2 aromatic rings. The lowest BCUT2D eigenvalue weighted by Gasteiger charge is -2.38. The second-order valence-corrected chi connectivity index (χ2v) is 4.68. The number of halogens is 1. The van der Waals surface area contributed by atoms with Crippen molar-refractivity contribution in [1.29, 1.82) is 0 Å². The normalized spacial score (nSPS) is 17.3. The van der Waals surface area contributed by atoms with Crippen LogP contribution in [0.1, 0.15) is 10.4 Å². The molecule has 1 aliphatic heterocycles. The molecule has 0 bridgehead atoms. The van der Waals surface area contributed by atoms with Gasteiger partial charge >= 0.3 is 0 Å². The average Bonchev–Trinajstić information content (AvgIpc) is 2.51. The first kappa shape index (κ1) is 13.2. The minimum atomic E-state index is -0.728. The molecular formula is C15H12FN3O2. The van der Waals surface area contributed by atoms with Gasteiger partial charge in [-0.05, 0) is 18.2 Å². The van der Waals surface area contributed by atoms with Gasteiger partial charge in [-0.1, -0.05) is 18.2 Å². The highest BCUT2D eigenvalue weighted by Gasteiger charge is 2.38. The molecule has 1 atom stereocenters. The van der Waals surface area contributed by atoms with Crippen LogP contribution in [0.5, 0.6) is 0 Å². The summed E-state index contributed by atoms with van der Waals surface area (Å²) in [6.45, 7) is 0.405. The van der Waals surface area contributed by atoms with Crippen molar-refractivity contribution in [1.82, 2.24) is 10.3 Å². The number of hydrogen-bond acceptors (Lipinski definition) is 3. The molecule has 2 heterocycles. The molecule has 0 saturated carbocycles. The van der Waals surface area contributed by atoms with Crippen LogP contribution in [0.4, 0.5) is 10.1 Å². The van der Waals surface area contributed by atoms with Gasteiger partial charge < -0.3 is 10.2 Å². The molecule has 1 saturated heterocycles. The van der Waals surface area contributed by atoms with Gasteiger partial charge in [0.05, 0.1) is 6.54 Å². The molecule has 1 aromatic heterocycles. The van der Waals surface area contributed by atoms with Crippen molar-refractivity contribution in [2.24, 2.45) is 0 Å². The first-order valence-corrected chi connectivity index (χ1v) is 6.44. The summed E-state index contributed by atoms with van der Waals surface area (Å²) in [5.41, 5.74) is 0.941. The van der Waals surface area contributed by atoms with Gasteiger partial charge in [0.1, 0.15) is 6.04 Å². The van der Waals surface area contributed by atoms with Crippen LogP contribution in [0.15, 0.2) is 48.7 Å². The van der Waals surface area contributed by atoms with E-state index in [9.17, 15) is 14.0 Å². The van der Waals surface area contributed by atoms with Crippen LogP contribution in [0.2, 0.25) is 0 Å². The quantitative estimate of drug-likeness (QED) is 0.684. The Balaban J connectivity index is 1.63. The van der Waals surface area contributed by atoms with Crippen molar-refractivity contribution < 1.29 is 14.0 Å². The fourth-order valence-electron chi connectivity index (χ4n) is 2.16. The van der Waals surface area contributed by atoms with Crippen LogP contribution >= 0.6 is 0 Å². The number of pyridine rings is 1. The predicted molar refractivity (Wildman–Crippen MR) is 74.2 cm³/mol. The highest BCUT2D eigenvalue weighted by Crippen LogP contribution is 2.21. The van der Waals surface area contributed by atoms with E-state index in [0.717, 1.165) is 11.8 Å². The number of amides is 2. The molecule has 5 nitrogen and oxygen atoms in total. The van der Waals surface area contributed by atoms with Gasteiger partial charge in [-0.3, -0.25) is 9.59 Å². The SMILES string of the molecule is O=C(N[C@H]1CN(c2ccccc2)C1=O)c1ccnc(F)c1. The predicted octanol–water partition coefficient (Wildman–Crippen LogP) is 1.37. The van der Waals surface area contributed by atoms with Crippen LogP contribution in [-0.4, -0.2) is 29.4 Å². The fourth-order valence-corrected chi connectivity index (χ4v) is 2.16. The maximum atomic E-state index is 13.0. The topological polar surface area (TPSA) is 62.3 Å². The lowest BCUT2D eigenvalue weighted by atomic mass is 10.1. The van der Waals surface area contributed by atoms with Crippen molar-refractivity contribution in [3.8, 4) is 0 Å². The number of β-lactam (4-membered cyclic amide) rings is 1. The van der Waals surface area contributed by atoms with Crippen molar-refractivity contribution in [3.05, 3.63) is 60.2 Å². The Bertz CT molecular complexity index is 690. The first-order chi connectivity index (χ1) is 10.1. The number of para-hydroxylation sites is 1. The smallest absolute Gasteiger partial charge is 0.252 e. The van der Waals surface area contributed by atoms with Gasteiger partial charge in [0.25, 0.3) is 11.8 Å². The van der Waals surface area contributed by atoms with E-state index in [1.165, 1.54) is 12.3 Å². The van der Waals surface area contributed by atoms with Crippen molar-refractivity contribution in [2.45, 2.75) is 6.04 Å². The van der Waals surface area contributed by atoms with E-state index in [1.807, 2.05) is 30.3 Å². The molecule has 0 radical (unpaired) electrons. The molecule has 21 heavy (non-hydrogen) atoms. The maximum absolute atomic E-state index is 13.0. The molecule has 1 fully saturated rings. The Morgan fingerprint density at radius 3 is 2.71 bits per heavy atom. The number of nitrogens with one attached hydrogen (secondary N) is 1. The fraction of sp³-hybridized carbons (Fsp3) is 0.133. The number of hydrogen-bond donors (Lipinski definition) is 1. The van der Waals surface area contributed by atoms with Gasteiger partial charge in [0.2, 0.25) is 5.95 Å². The lowest BCUT2D eigenvalue weighted by molar-refractivity contribution is -0.124. The third kappa shape index (κ3) is 2.60. The zero-order valence-electron chi connectivity index (χ0n) is 11.0. The van der Waals surface area contributed by atoms with E-state index >= 15 is 0 Å². The van der Waals surface area contributed by atoms with Gasteiger partial charge in [0.15, 0.2) is 0 Å². The standard InChI is InChI=1S/C15H12FN3O2/c16-13-8-10(6-7-17-13)14(20)18-12-9-19(15(12)21)11-4-2-1-3-5-11/h1-8,12H,9H2,(H,18,20)/t12-/m0/s1. The van der Waals surface area contributed by atoms with E-state index in [0.29, 0.717) is 6.54 Å². The number of carbonyl (C=O) groups is 2. The highest BCUT2D eigenvalue weighted by molar-refractivity contribution is 6.07. The van der Waals surface area contributed by atoms with Crippen molar-refractivity contribution in [3.63, 3.8) is 0 Å². The summed E-state index contributed by atoms with van der Waals surface area (Å²) in [5, 5.41) is 2.58. The Kier molecular flexibility index (Phi) is 3.35. The highest BCUT2D eigenvalue weighted by atomic mass is 19.1. The summed E-state index contributed by atoms with van der Waals surface area (Å²) in [7, 11) is 0. The summed E-state index contributed by atoms with van der Waals surface area (Å²) < 4.78 is 13.0. The number of anilines is 1. The molecule has 6 heteroatoms. The average molecular weight is 285 g/mol. The minimum absolute atomic E-state index is 0.147. The maximum Gasteiger partial charge on any atom is 0.252 e. The van der Waals surface area contributed by atoms with Crippen LogP contribution in [-0.2, 0) is 4.79 Å². The second kappa shape index (κ2) is 5.32. The zero-order chi connectivity index (χ0) is 14.8. The molecule has 3 rings (SSSR count). The van der Waals surface area contributed by atoms with Gasteiger partial charge in [0, 0.05) is 23.5 Å². The Labute approximate surface area is 120 Å². The summed E-state index contributed by atoms with van der Waals surface area (Å²) in [6, 6.07) is 11.1. The monoisotopic (exact) mass is 285 g/mol. The first-order valence-electron chi connectivity index (χ1n) is 6.44. The number of rotatable bonds is 3. The van der Waals surface area contributed by atoms with Gasteiger partial charge in [-0.2, -0.15) is 4.39 Å². The van der Waals surface area contributed by atoms with E-state index in [1.54, 1.807) is 4.90 Å². The molecule has 1 aromatic carbocycles. The molecule has 2 amide bonds. The summed E-state index contributed by atoms with van der Waals surface area (Å²) in [5.74, 6) is -1.39. The van der Waals surface area contributed by atoms with Crippen LogP contribution in [0.25, 0.3) is 0 Å². The minimum Gasteiger partial charge on any atom is -0.339 e. The molecule has 0 spiro atoms. The Morgan fingerprint density at radius 1 is 1.29 bits per heavy atom. The van der Waals surface area contributed by atoms with Crippen LogP contribution in [0, 0.1) is 5.95 Å². The number of benzene rings is 1. The van der Waals surface area contributed by atoms with Crippen LogP contribution in [0.3, 0.4) is 0 Å². The van der Waals surface area contributed by atoms with E-state index in [4.69, 9.17) is 0 Å². The molecule has 0 unspecified atom stereocenters. The van der Waals surface area contributed by atoms with Crippen molar-refractivity contribution >= 4 is 17.5 Å². The number of aromatic nitrogens is 1. The lowest BCUT2D eigenvalue weighted by Crippen LogP contribution is -2.64. The molecule has 1 N–H and O–H groups in total. The third-order valence-electron chi connectivity index (χ3n) is 3.29. The molecule has 106 valence electrons. The molecule has 1 aliphatic rings. The van der Waals surface area contributed by atoms with E-state index in [-0.39, 0.29) is 11.5 Å². The summed E-state index contributed by atoms with van der Waals surface area (Å²) in [6.07, 6.45) is 1.21. The van der Waals surface area contributed by atoms with E-state index in [2.05, 4.69) is 10.3 Å². The van der Waals surface area contributed by atoms with E-state index < -0.39 is 17.9 Å². The Hall–Kier alpha value is -2.76. The van der Waals surface area contributed by atoms with Crippen molar-refractivity contribution in [2.75, 3.05) is 11.4 Å². The van der Waals surface area contributed by atoms with Crippen LogP contribution < -0.4 is 10.2 Å². The second-order valence-electron chi connectivity index (χ2n) is 4.68. The number of carbonyl (C=O) groups excluding carboxylic acids is 2. The summed E-state index contributed by atoms with van der Waals surface area (Å²) >= 11 is 0. The Morgan fingerprint density at radius 2 is 2.05 bits per heavy atom. The van der Waals surface area contributed by atoms with Gasteiger partial charge in [-0.25, -0.2) is 4.98 Å². The zero-order valence-corrected chi connectivity index (χ0v) is 11.0.